The van der Waals surface area contributed by atoms with Crippen LogP contribution in [0.3, 0.4) is 0 Å². The molecule has 3 atom stereocenters. The van der Waals surface area contributed by atoms with Crippen LogP contribution in [-0.2, 0) is 9.47 Å². The van der Waals surface area contributed by atoms with E-state index in [-0.39, 0.29) is 19.5 Å². The van der Waals surface area contributed by atoms with Crippen molar-refractivity contribution in [1.29, 1.82) is 0 Å². The van der Waals surface area contributed by atoms with E-state index < -0.39 is 12.2 Å². The average Bonchev–Trinajstić information content (AvgIpc) is 1.94. The molecule has 0 bridgehead atoms. The Morgan fingerprint density at radius 2 is 2.30 bits per heavy atom. The highest BCUT2D eigenvalue weighted by Gasteiger charge is 2.27. The molecule has 4 heteroatoms. The Labute approximate surface area is 59.4 Å². The molecular formula is C6H12O4. The second-order valence-corrected chi connectivity index (χ2v) is 2.33. The van der Waals surface area contributed by atoms with Crippen molar-refractivity contribution in [2.45, 2.75) is 25.4 Å². The molecule has 0 aromatic heterocycles. The molecule has 0 amide bonds. The number of ether oxygens (including phenoxy) is 2. The number of hydrogen-bond donors (Lipinski definition) is 2. The first-order valence-corrected chi connectivity index (χ1v) is 3.30. The number of aliphatic hydroxyl groups is 2. The summed E-state index contributed by atoms with van der Waals surface area (Å²) in [5, 5.41) is 17.7. The third-order valence-corrected chi connectivity index (χ3v) is 1.48. The molecule has 0 aromatic carbocycles. The summed E-state index contributed by atoms with van der Waals surface area (Å²) in [5.74, 6) is 0. The summed E-state index contributed by atoms with van der Waals surface area (Å²) in [6.45, 7) is 1.82. The van der Waals surface area contributed by atoms with Gasteiger partial charge >= 0.3 is 0 Å². The molecule has 0 radical (unpaired) electrons. The normalized spacial score (nSPS) is 41.7. The molecule has 0 aliphatic carbocycles. The highest BCUT2D eigenvalue weighted by molar-refractivity contribution is 4.71. The van der Waals surface area contributed by atoms with E-state index in [0.717, 1.165) is 0 Å². The molecule has 0 aromatic rings. The van der Waals surface area contributed by atoms with Crippen LogP contribution >= 0.6 is 0 Å². The fraction of sp³-hybridized carbons (Fsp3) is 1.00. The molecule has 60 valence electrons. The summed E-state index contributed by atoms with van der Waals surface area (Å²) in [6, 6.07) is 0. The van der Waals surface area contributed by atoms with Crippen LogP contribution in [0, 0.1) is 0 Å². The lowest BCUT2D eigenvalue weighted by molar-refractivity contribution is -0.250. The second kappa shape index (κ2) is 3.30. The fourth-order valence-corrected chi connectivity index (χ4v) is 0.882. The molecule has 1 unspecified atom stereocenters. The first-order chi connectivity index (χ1) is 4.74. The molecule has 1 aliphatic rings. The Balaban J connectivity index is 2.38. The van der Waals surface area contributed by atoms with E-state index in [4.69, 9.17) is 19.7 Å². The summed E-state index contributed by atoms with van der Waals surface area (Å²) in [4.78, 5) is 0. The fourth-order valence-electron chi connectivity index (χ4n) is 0.882. The van der Waals surface area contributed by atoms with Crippen molar-refractivity contribution >= 4 is 0 Å². The van der Waals surface area contributed by atoms with Crippen LogP contribution in [0.4, 0.5) is 0 Å². The molecular weight excluding hydrogens is 136 g/mol. The molecule has 1 saturated heterocycles. The van der Waals surface area contributed by atoms with Gasteiger partial charge in [-0.1, -0.05) is 0 Å². The summed E-state index contributed by atoms with van der Waals surface area (Å²) >= 11 is 0. The van der Waals surface area contributed by atoms with Gasteiger partial charge in [-0.2, -0.15) is 0 Å². The van der Waals surface area contributed by atoms with E-state index in [1.165, 1.54) is 0 Å². The van der Waals surface area contributed by atoms with Crippen LogP contribution in [0.15, 0.2) is 0 Å². The van der Waals surface area contributed by atoms with E-state index in [1.807, 2.05) is 0 Å². The minimum Gasteiger partial charge on any atom is -0.394 e. The molecule has 1 aliphatic heterocycles. The number of aliphatic hydroxyl groups excluding tert-OH is 2. The molecule has 1 heterocycles. The highest BCUT2D eigenvalue weighted by Crippen LogP contribution is 2.11. The minimum atomic E-state index is -0.693. The Kier molecular flexibility index (Phi) is 2.62. The summed E-state index contributed by atoms with van der Waals surface area (Å²) in [6.07, 6.45) is -1.49. The maximum atomic E-state index is 9.08. The third-order valence-electron chi connectivity index (χ3n) is 1.48. The monoisotopic (exact) mass is 148 g/mol. The van der Waals surface area contributed by atoms with Gasteiger partial charge in [0.05, 0.1) is 13.2 Å². The molecule has 0 spiro atoms. The van der Waals surface area contributed by atoms with Crippen molar-refractivity contribution in [2.75, 3.05) is 13.2 Å². The second-order valence-electron chi connectivity index (χ2n) is 2.33. The van der Waals surface area contributed by atoms with Gasteiger partial charge in [0.25, 0.3) is 0 Å². The lowest BCUT2D eigenvalue weighted by Crippen LogP contribution is -2.44. The van der Waals surface area contributed by atoms with Crippen molar-refractivity contribution in [3.8, 4) is 0 Å². The van der Waals surface area contributed by atoms with E-state index >= 15 is 0 Å². The maximum absolute atomic E-state index is 9.08. The van der Waals surface area contributed by atoms with Crippen molar-refractivity contribution in [2.24, 2.45) is 0 Å². The molecule has 4 nitrogen and oxygen atoms in total. The van der Waals surface area contributed by atoms with Gasteiger partial charge in [0.2, 0.25) is 0 Å². The smallest absolute Gasteiger partial charge is 0.155 e. The quantitative estimate of drug-likeness (QED) is 0.506. The Morgan fingerprint density at radius 1 is 1.60 bits per heavy atom. The van der Waals surface area contributed by atoms with Gasteiger partial charge in [-0.3, -0.25) is 0 Å². The SMILES string of the molecule is CC1OC[C@H](O)[C@@H](CO)O1. The van der Waals surface area contributed by atoms with Gasteiger partial charge in [0, 0.05) is 0 Å². The van der Waals surface area contributed by atoms with Crippen LogP contribution in [0.5, 0.6) is 0 Å². The van der Waals surface area contributed by atoms with Gasteiger partial charge in [-0.15, -0.1) is 0 Å². The third kappa shape index (κ3) is 1.67. The topological polar surface area (TPSA) is 58.9 Å². The van der Waals surface area contributed by atoms with Crippen LogP contribution in [-0.4, -0.2) is 41.9 Å². The predicted molar refractivity (Wildman–Crippen MR) is 33.4 cm³/mol. The molecule has 10 heavy (non-hydrogen) atoms. The van der Waals surface area contributed by atoms with E-state index in [0.29, 0.717) is 0 Å². The zero-order valence-corrected chi connectivity index (χ0v) is 5.86. The number of hydrogen-bond acceptors (Lipinski definition) is 4. The molecule has 0 saturated carbocycles. The summed E-state index contributed by atoms with van der Waals surface area (Å²) in [5.41, 5.74) is 0. The standard InChI is InChI=1S/C6H12O4/c1-4-9-3-5(8)6(2-7)10-4/h4-8H,2-3H2,1H3/t4?,5-,6+/m0/s1. The largest absolute Gasteiger partial charge is 0.394 e. The highest BCUT2D eigenvalue weighted by atomic mass is 16.7. The summed E-state index contributed by atoms with van der Waals surface area (Å²) < 4.78 is 9.96. The predicted octanol–water partition coefficient (Wildman–Crippen LogP) is -0.899. The molecule has 2 N–H and O–H groups in total. The Bertz CT molecular complexity index is 106. The Morgan fingerprint density at radius 3 is 2.80 bits per heavy atom. The van der Waals surface area contributed by atoms with Crippen molar-refractivity contribution < 1.29 is 19.7 Å². The number of rotatable bonds is 1. The van der Waals surface area contributed by atoms with E-state index in [1.54, 1.807) is 6.92 Å². The lowest BCUT2D eigenvalue weighted by atomic mass is 10.2. The van der Waals surface area contributed by atoms with Gasteiger partial charge in [0.1, 0.15) is 12.2 Å². The zero-order chi connectivity index (χ0) is 7.56. The van der Waals surface area contributed by atoms with Crippen LogP contribution in [0.25, 0.3) is 0 Å². The van der Waals surface area contributed by atoms with E-state index in [9.17, 15) is 0 Å². The van der Waals surface area contributed by atoms with Crippen molar-refractivity contribution in [1.82, 2.24) is 0 Å². The van der Waals surface area contributed by atoms with E-state index in [2.05, 4.69) is 0 Å². The first-order valence-electron chi connectivity index (χ1n) is 3.30. The van der Waals surface area contributed by atoms with Gasteiger partial charge < -0.3 is 19.7 Å². The van der Waals surface area contributed by atoms with Crippen molar-refractivity contribution in [3.05, 3.63) is 0 Å². The van der Waals surface area contributed by atoms with Gasteiger partial charge in [-0.05, 0) is 6.92 Å². The van der Waals surface area contributed by atoms with Crippen molar-refractivity contribution in [3.63, 3.8) is 0 Å². The first kappa shape index (κ1) is 7.94. The Hall–Kier alpha value is -0.160. The molecule has 1 rings (SSSR count). The van der Waals surface area contributed by atoms with Crippen LogP contribution < -0.4 is 0 Å². The summed E-state index contributed by atoms with van der Waals surface area (Å²) in [7, 11) is 0. The molecule has 1 fully saturated rings. The van der Waals surface area contributed by atoms with Gasteiger partial charge in [0.15, 0.2) is 6.29 Å². The average molecular weight is 148 g/mol. The minimum absolute atomic E-state index is 0.158. The lowest BCUT2D eigenvalue weighted by Gasteiger charge is -2.30. The van der Waals surface area contributed by atoms with Gasteiger partial charge in [-0.25, -0.2) is 0 Å². The van der Waals surface area contributed by atoms with Crippen LogP contribution in [0.2, 0.25) is 0 Å². The van der Waals surface area contributed by atoms with Crippen LogP contribution in [0.1, 0.15) is 6.92 Å². The maximum Gasteiger partial charge on any atom is 0.155 e. The zero-order valence-electron chi connectivity index (χ0n) is 5.86.